The summed E-state index contributed by atoms with van der Waals surface area (Å²) in [5.41, 5.74) is -0.533. The molecule has 1 rings (SSSR count). The number of carbonyl (C=O) groups is 1. The second-order valence-electron chi connectivity index (χ2n) is 3.85. The summed E-state index contributed by atoms with van der Waals surface area (Å²) in [6, 6.07) is 0. The van der Waals surface area contributed by atoms with E-state index in [1.165, 1.54) is 6.20 Å². The van der Waals surface area contributed by atoms with Gasteiger partial charge >= 0.3 is 11.9 Å². The molecule has 0 bridgehead atoms. The van der Waals surface area contributed by atoms with E-state index < -0.39 is 16.3 Å². The molecule has 15 heavy (non-hydrogen) atoms. The van der Waals surface area contributed by atoms with Crippen molar-refractivity contribution in [2.24, 2.45) is 5.41 Å². The van der Waals surface area contributed by atoms with Crippen LogP contribution in [0.15, 0.2) is 6.20 Å². The predicted octanol–water partition coefficient (Wildman–Crippen LogP) is 0.971. The first kappa shape index (κ1) is 11.2. The average Bonchev–Trinajstić information content (AvgIpc) is 2.51. The quantitative estimate of drug-likeness (QED) is 0.572. The lowest BCUT2D eigenvalue weighted by Gasteiger charge is -2.16. The van der Waals surface area contributed by atoms with E-state index >= 15 is 0 Å². The molecule has 1 aromatic heterocycles. The fraction of sp³-hybridized carbons (Fsp3) is 0.500. The highest BCUT2D eigenvalue weighted by molar-refractivity contribution is 5.73. The van der Waals surface area contributed by atoms with E-state index in [1.54, 1.807) is 13.8 Å². The average molecular weight is 213 g/mol. The lowest BCUT2D eigenvalue weighted by molar-refractivity contribution is -0.393. The number of nitrogens with zero attached hydrogens (tertiary/aromatic N) is 2. The number of hydrogen-bond acceptors (Lipinski definition) is 4. The van der Waals surface area contributed by atoms with Crippen LogP contribution in [0.25, 0.3) is 0 Å². The van der Waals surface area contributed by atoms with Gasteiger partial charge in [-0.05, 0) is 18.8 Å². The van der Waals surface area contributed by atoms with Gasteiger partial charge in [-0.25, -0.2) is 4.98 Å². The molecule has 7 nitrogen and oxygen atoms in total. The van der Waals surface area contributed by atoms with Crippen molar-refractivity contribution in [2.45, 2.75) is 20.3 Å². The normalized spacial score (nSPS) is 11.3. The zero-order valence-corrected chi connectivity index (χ0v) is 8.35. The van der Waals surface area contributed by atoms with Crippen LogP contribution < -0.4 is 0 Å². The van der Waals surface area contributed by atoms with Gasteiger partial charge in [0.2, 0.25) is 0 Å². The molecule has 0 unspecified atom stereocenters. The molecular weight excluding hydrogens is 202 g/mol. The molecule has 0 fully saturated rings. The van der Waals surface area contributed by atoms with E-state index in [0.717, 1.165) is 0 Å². The number of aromatic nitrogens is 2. The van der Waals surface area contributed by atoms with Crippen LogP contribution in [0.1, 0.15) is 19.5 Å². The molecule has 1 aromatic rings. The minimum Gasteiger partial charge on any atom is -0.481 e. The summed E-state index contributed by atoms with van der Waals surface area (Å²) in [6.45, 7) is 3.09. The molecule has 0 radical (unpaired) electrons. The van der Waals surface area contributed by atoms with Crippen LogP contribution >= 0.6 is 0 Å². The van der Waals surface area contributed by atoms with Crippen molar-refractivity contribution < 1.29 is 14.8 Å². The Labute approximate surface area is 85.3 Å². The minimum absolute atomic E-state index is 0.170. The number of aromatic amines is 1. The summed E-state index contributed by atoms with van der Waals surface area (Å²) in [4.78, 5) is 26.4. The molecule has 0 aromatic carbocycles. The van der Waals surface area contributed by atoms with Crippen LogP contribution in [0.3, 0.4) is 0 Å². The van der Waals surface area contributed by atoms with Gasteiger partial charge in [-0.15, -0.1) is 0 Å². The fourth-order valence-electron chi connectivity index (χ4n) is 1.08. The van der Waals surface area contributed by atoms with Gasteiger partial charge in [-0.3, -0.25) is 4.79 Å². The Morgan fingerprint density at radius 2 is 2.33 bits per heavy atom. The Morgan fingerprint density at radius 1 is 1.73 bits per heavy atom. The predicted molar refractivity (Wildman–Crippen MR) is 50.4 cm³/mol. The first-order valence-corrected chi connectivity index (χ1v) is 4.24. The third-order valence-corrected chi connectivity index (χ3v) is 2.00. The van der Waals surface area contributed by atoms with E-state index in [0.29, 0.717) is 5.69 Å². The number of nitro groups is 1. The van der Waals surface area contributed by atoms with Crippen molar-refractivity contribution in [3.05, 3.63) is 22.0 Å². The van der Waals surface area contributed by atoms with Crippen LogP contribution in [0, 0.1) is 15.5 Å². The minimum atomic E-state index is -0.972. The SMILES string of the molecule is CC(C)(Cc1cnc([N+](=O)[O-])[nH]1)C(=O)O. The van der Waals surface area contributed by atoms with Crippen LogP contribution in [-0.4, -0.2) is 26.0 Å². The molecule has 0 amide bonds. The van der Waals surface area contributed by atoms with E-state index in [-0.39, 0.29) is 12.4 Å². The maximum atomic E-state index is 10.8. The van der Waals surface area contributed by atoms with Crippen LogP contribution in [0.5, 0.6) is 0 Å². The van der Waals surface area contributed by atoms with Crippen LogP contribution in [0.4, 0.5) is 5.95 Å². The monoisotopic (exact) mass is 213 g/mol. The molecule has 0 atom stereocenters. The van der Waals surface area contributed by atoms with Gasteiger partial charge in [-0.1, -0.05) is 4.98 Å². The number of imidazole rings is 1. The van der Waals surface area contributed by atoms with Gasteiger partial charge in [0.15, 0.2) is 0 Å². The van der Waals surface area contributed by atoms with Gasteiger partial charge in [0.05, 0.1) is 5.41 Å². The van der Waals surface area contributed by atoms with Gasteiger partial charge in [-0.2, -0.15) is 0 Å². The number of carboxylic acid groups (broad SMARTS) is 1. The first-order valence-electron chi connectivity index (χ1n) is 4.24. The smallest absolute Gasteiger partial charge is 0.432 e. The number of aliphatic carboxylic acids is 1. The number of H-pyrrole nitrogens is 1. The molecule has 0 spiro atoms. The molecule has 2 N–H and O–H groups in total. The van der Waals surface area contributed by atoms with E-state index in [9.17, 15) is 14.9 Å². The summed E-state index contributed by atoms with van der Waals surface area (Å²) in [5.74, 6) is -1.33. The lowest BCUT2D eigenvalue weighted by Crippen LogP contribution is -2.26. The van der Waals surface area contributed by atoms with Crippen molar-refractivity contribution in [1.82, 2.24) is 9.97 Å². The Morgan fingerprint density at radius 3 is 2.73 bits per heavy atom. The Hall–Kier alpha value is -1.92. The Balaban J connectivity index is 2.82. The first-order chi connectivity index (χ1) is 6.83. The molecule has 0 aliphatic heterocycles. The summed E-state index contributed by atoms with van der Waals surface area (Å²) in [5, 5.41) is 19.2. The maximum Gasteiger partial charge on any atom is 0.432 e. The molecule has 82 valence electrons. The van der Waals surface area contributed by atoms with Crippen molar-refractivity contribution >= 4 is 11.9 Å². The highest BCUT2D eigenvalue weighted by atomic mass is 16.6. The molecule has 0 saturated carbocycles. The standard InChI is InChI=1S/C8H11N3O4/c1-8(2,6(12)13)3-5-4-9-7(10-5)11(14)15/h4H,3H2,1-2H3,(H,9,10)(H,12,13). The van der Waals surface area contributed by atoms with Crippen molar-refractivity contribution in [1.29, 1.82) is 0 Å². The van der Waals surface area contributed by atoms with Gasteiger partial charge in [0.25, 0.3) is 0 Å². The van der Waals surface area contributed by atoms with Gasteiger partial charge < -0.3 is 15.2 Å². The molecule has 0 saturated heterocycles. The number of hydrogen-bond donors (Lipinski definition) is 2. The topological polar surface area (TPSA) is 109 Å². The number of rotatable bonds is 4. The Bertz CT molecular complexity index is 396. The second kappa shape index (κ2) is 3.68. The number of carboxylic acids is 1. The third-order valence-electron chi connectivity index (χ3n) is 2.00. The summed E-state index contributed by atoms with van der Waals surface area (Å²) in [6.07, 6.45) is 1.45. The molecule has 1 heterocycles. The van der Waals surface area contributed by atoms with Gasteiger partial charge in [0.1, 0.15) is 11.9 Å². The van der Waals surface area contributed by atoms with Crippen molar-refractivity contribution in [3.8, 4) is 0 Å². The highest BCUT2D eigenvalue weighted by Crippen LogP contribution is 2.21. The number of nitrogens with one attached hydrogen (secondary N) is 1. The molecule has 0 aliphatic carbocycles. The molecule has 0 aliphatic rings. The summed E-state index contributed by atoms with van der Waals surface area (Å²) in [7, 11) is 0. The zero-order chi connectivity index (χ0) is 11.6. The molecular formula is C8H11N3O4. The second-order valence-corrected chi connectivity index (χ2v) is 3.85. The van der Waals surface area contributed by atoms with E-state index in [2.05, 4.69) is 9.97 Å². The summed E-state index contributed by atoms with van der Waals surface area (Å²) < 4.78 is 0. The summed E-state index contributed by atoms with van der Waals surface area (Å²) >= 11 is 0. The van der Waals surface area contributed by atoms with Crippen molar-refractivity contribution in [2.75, 3.05) is 0 Å². The molecule has 7 heteroatoms. The van der Waals surface area contributed by atoms with E-state index in [4.69, 9.17) is 5.11 Å². The van der Waals surface area contributed by atoms with Crippen molar-refractivity contribution in [3.63, 3.8) is 0 Å². The zero-order valence-electron chi connectivity index (χ0n) is 8.35. The highest BCUT2D eigenvalue weighted by Gasteiger charge is 2.29. The van der Waals surface area contributed by atoms with Crippen LogP contribution in [0.2, 0.25) is 0 Å². The van der Waals surface area contributed by atoms with E-state index in [1.807, 2.05) is 0 Å². The Kier molecular flexibility index (Phi) is 2.74. The third kappa shape index (κ3) is 2.52. The maximum absolute atomic E-state index is 10.8. The lowest BCUT2D eigenvalue weighted by atomic mass is 9.88. The largest absolute Gasteiger partial charge is 0.481 e. The van der Waals surface area contributed by atoms with Gasteiger partial charge in [0, 0.05) is 6.42 Å². The van der Waals surface area contributed by atoms with Crippen LogP contribution in [-0.2, 0) is 11.2 Å². The fourth-order valence-corrected chi connectivity index (χ4v) is 1.08.